The minimum Gasteiger partial charge on any atom is -0.482 e. The smallest absolute Gasteiger partial charge is 0.418 e. The number of carbonyl (C=O) groups is 2. The first-order chi connectivity index (χ1) is 11.9. The first-order valence-corrected chi connectivity index (χ1v) is 7.34. The van der Waals surface area contributed by atoms with Crippen LogP contribution in [-0.2, 0) is 15.8 Å². The molecule has 0 saturated carbocycles. The summed E-state index contributed by atoms with van der Waals surface area (Å²) in [7, 11) is 0. The van der Waals surface area contributed by atoms with Gasteiger partial charge in [-0.1, -0.05) is 24.3 Å². The van der Waals surface area contributed by atoms with Crippen molar-refractivity contribution >= 4 is 23.2 Å². The van der Waals surface area contributed by atoms with Crippen molar-refractivity contribution < 1.29 is 27.5 Å². The number of para-hydroxylation sites is 3. The summed E-state index contributed by atoms with van der Waals surface area (Å²) in [5.41, 5.74) is -0.899. The molecule has 1 aliphatic heterocycles. The molecule has 2 amide bonds. The van der Waals surface area contributed by atoms with Crippen molar-refractivity contribution in [3.8, 4) is 5.75 Å². The summed E-state index contributed by atoms with van der Waals surface area (Å²) in [6.07, 6.45) is -4.59. The van der Waals surface area contributed by atoms with Crippen molar-refractivity contribution in [3.05, 3.63) is 54.1 Å². The fourth-order valence-electron chi connectivity index (χ4n) is 2.50. The molecular weight excluding hydrogens is 337 g/mol. The maximum atomic E-state index is 13.0. The van der Waals surface area contributed by atoms with Crippen LogP contribution < -0.4 is 15.0 Å². The second kappa shape index (κ2) is 6.46. The normalized spacial score (nSPS) is 13.9. The molecule has 3 rings (SSSR count). The fourth-order valence-corrected chi connectivity index (χ4v) is 2.50. The van der Waals surface area contributed by atoms with E-state index in [4.69, 9.17) is 4.74 Å². The van der Waals surface area contributed by atoms with E-state index in [1.165, 1.54) is 17.0 Å². The first kappa shape index (κ1) is 16.8. The molecule has 1 aliphatic rings. The summed E-state index contributed by atoms with van der Waals surface area (Å²) in [6.45, 7) is -0.644. The van der Waals surface area contributed by atoms with Crippen LogP contribution in [0.5, 0.6) is 5.75 Å². The van der Waals surface area contributed by atoms with Gasteiger partial charge in [0.05, 0.1) is 16.9 Å². The topological polar surface area (TPSA) is 58.6 Å². The first-order valence-electron chi connectivity index (χ1n) is 7.34. The number of rotatable bonds is 3. The van der Waals surface area contributed by atoms with Gasteiger partial charge in [-0.25, -0.2) is 0 Å². The van der Waals surface area contributed by atoms with E-state index >= 15 is 0 Å². The Morgan fingerprint density at radius 1 is 1.12 bits per heavy atom. The number of carbonyl (C=O) groups excluding carboxylic acids is 2. The Morgan fingerprint density at radius 2 is 1.80 bits per heavy atom. The quantitative estimate of drug-likeness (QED) is 0.926. The molecule has 0 aromatic heterocycles. The van der Waals surface area contributed by atoms with Crippen LogP contribution in [0, 0.1) is 0 Å². The molecule has 0 saturated heterocycles. The molecule has 0 fully saturated rings. The largest absolute Gasteiger partial charge is 0.482 e. The van der Waals surface area contributed by atoms with Gasteiger partial charge in [-0.3, -0.25) is 14.5 Å². The lowest BCUT2D eigenvalue weighted by Gasteiger charge is -2.28. The van der Waals surface area contributed by atoms with Crippen molar-refractivity contribution in [3.63, 3.8) is 0 Å². The number of hydrogen-bond acceptors (Lipinski definition) is 3. The number of hydrogen-bond donors (Lipinski definition) is 1. The average molecular weight is 350 g/mol. The number of halogens is 3. The van der Waals surface area contributed by atoms with Crippen LogP contribution in [-0.4, -0.2) is 25.0 Å². The number of fused-ring (bicyclic) bond motifs is 1. The molecule has 1 N–H and O–H groups in total. The Morgan fingerprint density at radius 3 is 2.56 bits per heavy atom. The van der Waals surface area contributed by atoms with E-state index in [2.05, 4.69) is 5.32 Å². The molecule has 0 unspecified atom stereocenters. The number of nitrogens with zero attached hydrogens (tertiary/aromatic N) is 1. The van der Waals surface area contributed by atoms with Crippen molar-refractivity contribution in [1.29, 1.82) is 0 Å². The molecule has 0 spiro atoms. The SMILES string of the molecule is O=C(CN1C(=O)COc2ccccc21)Nc1ccccc1C(F)(F)F. The highest BCUT2D eigenvalue weighted by Gasteiger charge is 2.34. The van der Waals surface area contributed by atoms with E-state index in [1.807, 2.05) is 0 Å². The minimum atomic E-state index is -4.59. The highest BCUT2D eigenvalue weighted by Crippen LogP contribution is 2.35. The summed E-state index contributed by atoms with van der Waals surface area (Å²) in [6, 6.07) is 11.3. The average Bonchev–Trinajstić information content (AvgIpc) is 2.57. The van der Waals surface area contributed by atoms with Gasteiger partial charge in [0.1, 0.15) is 12.3 Å². The van der Waals surface area contributed by atoms with Crippen LogP contribution in [0.1, 0.15) is 5.56 Å². The predicted molar refractivity (Wildman–Crippen MR) is 84.4 cm³/mol. The van der Waals surface area contributed by atoms with Gasteiger partial charge < -0.3 is 10.1 Å². The molecule has 0 aliphatic carbocycles. The molecule has 2 aromatic carbocycles. The van der Waals surface area contributed by atoms with E-state index in [1.54, 1.807) is 24.3 Å². The van der Waals surface area contributed by atoms with Gasteiger partial charge in [-0.2, -0.15) is 13.2 Å². The molecule has 8 heteroatoms. The maximum Gasteiger partial charge on any atom is 0.418 e. The third kappa shape index (κ3) is 3.57. The van der Waals surface area contributed by atoms with Crippen molar-refractivity contribution in [2.45, 2.75) is 6.18 Å². The monoisotopic (exact) mass is 350 g/mol. The van der Waals surface area contributed by atoms with Crippen molar-refractivity contribution in [2.75, 3.05) is 23.4 Å². The number of ether oxygens (including phenoxy) is 1. The fraction of sp³-hybridized carbons (Fsp3) is 0.176. The molecular formula is C17H13F3N2O3. The highest BCUT2D eigenvalue weighted by atomic mass is 19.4. The van der Waals surface area contributed by atoms with Gasteiger partial charge in [0.15, 0.2) is 6.61 Å². The number of nitrogens with one attached hydrogen (secondary N) is 1. The molecule has 0 bridgehead atoms. The van der Waals surface area contributed by atoms with E-state index in [0.717, 1.165) is 12.1 Å². The number of alkyl halides is 3. The second-order valence-electron chi connectivity index (χ2n) is 5.33. The molecule has 1 heterocycles. The van der Waals surface area contributed by atoms with E-state index in [0.29, 0.717) is 11.4 Å². The van der Waals surface area contributed by atoms with Gasteiger partial charge >= 0.3 is 6.18 Å². The van der Waals surface area contributed by atoms with Crippen LogP contribution in [0.15, 0.2) is 48.5 Å². The number of amides is 2. The Hall–Kier alpha value is -3.03. The van der Waals surface area contributed by atoms with Crippen molar-refractivity contribution in [1.82, 2.24) is 0 Å². The van der Waals surface area contributed by atoms with Crippen LogP contribution >= 0.6 is 0 Å². The Balaban J connectivity index is 1.79. The summed E-state index contributed by atoms with van der Waals surface area (Å²) < 4.78 is 44.2. The highest BCUT2D eigenvalue weighted by molar-refractivity contribution is 6.05. The summed E-state index contributed by atoms with van der Waals surface area (Å²) in [5, 5.41) is 2.22. The van der Waals surface area contributed by atoms with Crippen LogP contribution in [0.3, 0.4) is 0 Å². The second-order valence-corrected chi connectivity index (χ2v) is 5.33. The maximum absolute atomic E-state index is 13.0. The number of benzene rings is 2. The van der Waals surface area contributed by atoms with Gasteiger partial charge in [-0.05, 0) is 24.3 Å². The zero-order valence-corrected chi connectivity index (χ0v) is 12.8. The Bertz CT molecular complexity index is 821. The van der Waals surface area contributed by atoms with E-state index < -0.39 is 30.1 Å². The summed E-state index contributed by atoms with van der Waals surface area (Å²) >= 11 is 0. The molecule has 2 aromatic rings. The minimum absolute atomic E-state index is 0.233. The lowest BCUT2D eigenvalue weighted by atomic mass is 10.1. The van der Waals surface area contributed by atoms with Gasteiger partial charge in [0.25, 0.3) is 5.91 Å². The zero-order chi connectivity index (χ0) is 18.0. The molecule has 0 radical (unpaired) electrons. The Labute approximate surface area is 141 Å². The van der Waals surface area contributed by atoms with E-state index in [-0.39, 0.29) is 12.3 Å². The van der Waals surface area contributed by atoms with Crippen LogP contribution in [0.2, 0.25) is 0 Å². The van der Waals surface area contributed by atoms with Crippen LogP contribution in [0.25, 0.3) is 0 Å². The van der Waals surface area contributed by atoms with Gasteiger partial charge in [0.2, 0.25) is 5.91 Å². The third-order valence-corrected chi connectivity index (χ3v) is 3.62. The Kier molecular flexibility index (Phi) is 4.35. The lowest BCUT2D eigenvalue weighted by Crippen LogP contribution is -2.43. The molecule has 25 heavy (non-hydrogen) atoms. The summed E-state index contributed by atoms with van der Waals surface area (Å²) in [4.78, 5) is 25.4. The zero-order valence-electron chi connectivity index (χ0n) is 12.8. The van der Waals surface area contributed by atoms with Crippen molar-refractivity contribution in [2.24, 2.45) is 0 Å². The predicted octanol–water partition coefficient (Wildman–Crippen LogP) is 3.07. The van der Waals surface area contributed by atoms with E-state index in [9.17, 15) is 22.8 Å². The van der Waals surface area contributed by atoms with Crippen LogP contribution in [0.4, 0.5) is 24.5 Å². The third-order valence-electron chi connectivity index (χ3n) is 3.62. The van der Waals surface area contributed by atoms with Gasteiger partial charge in [0, 0.05) is 0 Å². The summed E-state index contributed by atoms with van der Waals surface area (Å²) in [5.74, 6) is -0.745. The standard InChI is InChI=1S/C17H13F3N2O3/c18-17(19,20)11-5-1-2-6-12(11)21-15(23)9-22-13-7-3-4-8-14(13)25-10-16(22)24/h1-8H,9-10H2,(H,21,23). The number of anilines is 2. The molecule has 0 atom stereocenters. The van der Waals surface area contributed by atoms with Gasteiger partial charge in [-0.15, -0.1) is 0 Å². The lowest BCUT2D eigenvalue weighted by molar-refractivity contribution is -0.137. The molecule has 5 nitrogen and oxygen atoms in total. The molecule has 130 valence electrons.